The average Bonchev–Trinajstić information content (AvgIpc) is 2.58. The normalized spacial score (nSPS) is 19.6. The highest BCUT2D eigenvalue weighted by Crippen LogP contribution is 2.36. The van der Waals surface area contributed by atoms with Crippen molar-refractivity contribution in [1.82, 2.24) is 4.98 Å². The Morgan fingerprint density at radius 3 is 2.40 bits per heavy atom. The van der Waals surface area contributed by atoms with Crippen LogP contribution < -0.4 is 5.59 Å². The summed E-state index contributed by atoms with van der Waals surface area (Å²) in [6.07, 6.45) is 2.37. The standard InChI is InChI=1S/C15H19BN2O2/c1-6-7-12-8-11(10-17)9-13(18-12)16-19-14(2,3)15(4,5)20-16/h6,8-9H,1,7H2,2-5H3. The lowest BCUT2D eigenvalue weighted by Gasteiger charge is -2.32. The molecule has 1 aromatic heterocycles. The predicted octanol–water partition coefficient (Wildman–Crippen LogP) is 1.98. The first-order chi connectivity index (χ1) is 9.29. The minimum atomic E-state index is -0.545. The van der Waals surface area contributed by atoms with Gasteiger partial charge in [-0.05, 0) is 39.8 Å². The van der Waals surface area contributed by atoms with Crippen molar-refractivity contribution in [3.05, 3.63) is 36.0 Å². The van der Waals surface area contributed by atoms with E-state index in [9.17, 15) is 0 Å². The van der Waals surface area contributed by atoms with Crippen molar-refractivity contribution in [3.63, 3.8) is 0 Å². The van der Waals surface area contributed by atoms with E-state index in [2.05, 4.69) is 17.6 Å². The number of aromatic nitrogens is 1. The number of hydrogen-bond donors (Lipinski definition) is 0. The molecule has 0 radical (unpaired) electrons. The lowest BCUT2D eigenvalue weighted by molar-refractivity contribution is 0.00578. The van der Waals surface area contributed by atoms with Crippen LogP contribution in [0.15, 0.2) is 24.8 Å². The van der Waals surface area contributed by atoms with Gasteiger partial charge in [-0.1, -0.05) is 6.08 Å². The van der Waals surface area contributed by atoms with Crippen molar-refractivity contribution in [2.45, 2.75) is 45.3 Å². The fourth-order valence-electron chi connectivity index (χ4n) is 2.01. The molecule has 4 nitrogen and oxygen atoms in total. The van der Waals surface area contributed by atoms with Crippen molar-refractivity contribution in [2.24, 2.45) is 0 Å². The number of pyridine rings is 1. The van der Waals surface area contributed by atoms with E-state index in [1.54, 1.807) is 18.2 Å². The van der Waals surface area contributed by atoms with Gasteiger partial charge in [0.05, 0.1) is 28.4 Å². The molecular weight excluding hydrogens is 251 g/mol. The first-order valence-corrected chi connectivity index (χ1v) is 6.66. The molecule has 1 aliphatic heterocycles. The highest BCUT2D eigenvalue weighted by Gasteiger charge is 2.52. The molecule has 0 atom stereocenters. The van der Waals surface area contributed by atoms with Crippen molar-refractivity contribution >= 4 is 12.7 Å². The maximum Gasteiger partial charge on any atom is 0.514 e. The molecule has 1 fully saturated rings. The van der Waals surface area contributed by atoms with Crippen LogP contribution in [0.25, 0.3) is 0 Å². The summed E-state index contributed by atoms with van der Waals surface area (Å²) in [6, 6.07) is 5.62. The van der Waals surface area contributed by atoms with Gasteiger partial charge in [0.25, 0.3) is 0 Å². The molecular formula is C15H19BN2O2. The molecule has 2 heterocycles. The SMILES string of the molecule is C=CCc1cc(C#N)cc(B2OC(C)(C)C(C)(C)O2)n1. The van der Waals surface area contributed by atoms with Crippen molar-refractivity contribution in [1.29, 1.82) is 5.26 Å². The van der Waals surface area contributed by atoms with Gasteiger partial charge >= 0.3 is 7.12 Å². The summed E-state index contributed by atoms with van der Waals surface area (Å²) in [5, 5.41) is 9.12. The number of nitriles is 1. The monoisotopic (exact) mass is 270 g/mol. The molecule has 1 saturated heterocycles. The lowest BCUT2D eigenvalue weighted by Crippen LogP contribution is -2.41. The van der Waals surface area contributed by atoms with Crippen molar-refractivity contribution in [2.75, 3.05) is 0 Å². The zero-order valence-corrected chi connectivity index (χ0v) is 12.4. The number of hydrogen-bond acceptors (Lipinski definition) is 4. The van der Waals surface area contributed by atoms with E-state index in [4.69, 9.17) is 14.6 Å². The van der Waals surface area contributed by atoms with E-state index < -0.39 is 18.3 Å². The Labute approximate surface area is 120 Å². The van der Waals surface area contributed by atoms with Gasteiger partial charge in [-0.3, -0.25) is 4.98 Å². The summed E-state index contributed by atoms with van der Waals surface area (Å²) in [5.74, 6) is 0. The number of rotatable bonds is 3. The average molecular weight is 270 g/mol. The Balaban J connectivity index is 2.37. The second-order valence-electron chi connectivity index (χ2n) is 5.96. The van der Waals surface area contributed by atoms with Crippen LogP contribution in [-0.4, -0.2) is 23.3 Å². The summed E-state index contributed by atoms with van der Waals surface area (Å²) in [7, 11) is -0.545. The van der Waals surface area contributed by atoms with Gasteiger partial charge in [-0.15, -0.1) is 6.58 Å². The molecule has 2 rings (SSSR count). The summed E-state index contributed by atoms with van der Waals surface area (Å²) >= 11 is 0. The van der Waals surface area contributed by atoms with Gasteiger partial charge in [-0.25, -0.2) is 0 Å². The first kappa shape index (κ1) is 14.8. The topological polar surface area (TPSA) is 55.1 Å². The second-order valence-corrected chi connectivity index (χ2v) is 5.96. The Bertz CT molecular complexity index is 560. The van der Waals surface area contributed by atoms with Crippen LogP contribution in [0.4, 0.5) is 0 Å². The van der Waals surface area contributed by atoms with Crippen LogP contribution in [0.1, 0.15) is 39.0 Å². The van der Waals surface area contributed by atoms with E-state index in [1.807, 2.05) is 27.7 Å². The third kappa shape index (κ3) is 2.62. The molecule has 0 spiro atoms. The molecule has 104 valence electrons. The molecule has 0 saturated carbocycles. The molecule has 1 aliphatic rings. The van der Waals surface area contributed by atoms with Crippen LogP contribution >= 0.6 is 0 Å². The molecule has 0 aliphatic carbocycles. The van der Waals surface area contributed by atoms with Gasteiger partial charge in [0.15, 0.2) is 0 Å². The van der Waals surface area contributed by atoms with Gasteiger partial charge in [-0.2, -0.15) is 5.26 Å². The number of nitrogens with zero attached hydrogens (tertiary/aromatic N) is 2. The van der Waals surface area contributed by atoms with E-state index in [-0.39, 0.29) is 0 Å². The lowest BCUT2D eigenvalue weighted by atomic mass is 9.83. The maximum atomic E-state index is 9.12. The molecule has 0 bridgehead atoms. The zero-order chi connectivity index (χ0) is 15.0. The maximum absolute atomic E-state index is 9.12. The highest BCUT2D eigenvalue weighted by molar-refractivity contribution is 6.61. The summed E-state index contributed by atoms with van der Waals surface area (Å²) < 4.78 is 11.9. The number of allylic oxidation sites excluding steroid dienone is 1. The second kappa shape index (κ2) is 5.04. The largest absolute Gasteiger partial charge is 0.514 e. The van der Waals surface area contributed by atoms with Crippen LogP contribution in [0.5, 0.6) is 0 Å². The zero-order valence-electron chi connectivity index (χ0n) is 12.4. The van der Waals surface area contributed by atoms with Crippen molar-refractivity contribution < 1.29 is 9.31 Å². The summed E-state index contributed by atoms with van der Waals surface area (Å²) in [6.45, 7) is 11.7. The van der Waals surface area contributed by atoms with E-state index >= 15 is 0 Å². The smallest absolute Gasteiger partial charge is 0.398 e. The third-order valence-electron chi connectivity index (χ3n) is 3.88. The van der Waals surface area contributed by atoms with Crippen LogP contribution in [0.2, 0.25) is 0 Å². The molecule has 5 heteroatoms. The minimum absolute atomic E-state index is 0.416. The van der Waals surface area contributed by atoms with Gasteiger partial charge in [0.1, 0.15) is 0 Å². The van der Waals surface area contributed by atoms with E-state index in [0.717, 1.165) is 5.69 Å². The molecule has 1 aromatic rings. The fourth-order valence-corrected chi connectivity index (χ4v) is 2.01. The molecule has 0 aromatic carbocycles. The fraction of sp³-hybridized carbons (Fsp3) is 0.467. The molecule has 20 heavy (non-hydrogen) atoms. The Kier molecular flexibility index (Phi) is 3.72. The van der Waals surface area contributed by atoms with Gasteiger partial charge in [0.2, 0.25) is 0 Å². The van der Waals surface area contributed by atoms with Gasteiger partial charge in [0, 0.05) is 12.1 Å². The summed E-state index contributed by atoms with van der Waals surface area (Å²) in [5.41, 5.74) is 1.16. The summed E-state index contributed by atoms with van der Waals surface area (Å²) in [4.78, 5) is 4.51. The minimum Gasteiger partial charge on any atom is -0.398 e. The Hall–Kier alpha value is -1.64. The Morgan fingerprint density at radius 2 is 1.90 bits per heavy atom. The quantitative estimate of drug-likeness (QED) is 0.622. The Morgan fingerprint density at radius 1 is 1.30 bits per heavy atom. The van der Waals surface area contributed by atoms with E-state index in [1.165, 1.54) is 0 Å². The van der Waals surface area contributed by atoms with Gasteiger partial charge < -0.3 is 9.31 Å². The third-order valence-corrected chi connectivity index (χ3v) is 3.88. The van der Waals surface area contributed by atoms with Crippen LogP contribution in [0, 0.1) is 11.3 Å². The van der Waals surface area contributed by atoms with Crippen LogP contribution in [0.3, 0.4) is 0 Å². The van der Waals surface area contributed by atoms with E-state index in [0.29, 0.717) is 17.6 Å². The molecule has 0 unspecified atom stereocenters. The first-order valence-electron chi connectivity index (χ1n) is 6.66. The predicted molar refractivity (Wildman–Crippen MR) is 78.6 cm³/mol. The molecule has 0 N–H and O–H groups in total. The highest BCUT2D eigenvalue weighted by atomic mass is 16.7. The van der Waals surface area contributed by atoms with Crippen LogP contribution in [-0.2, 0) is 15.7 Å². The molecule has 0 amide bonds. The van der Waals surface area contributed by atoms with Crippen molar-refractivity contribution in [3.8, 4) is 6.07 Å².